The largest absolute Gasteiger partial charge is 0.456 e. The molecule has 3 aromatic rings. The quantitative estimate of drug-likeness (QED) is 0.130. The number of ether oxygens (including phenoxy) is 5. The zero-order valence-corrected chi connectivity index (χ0v) is 35.2. The van der Waals surface area contributed by atoms with Gasteiger partial charge in [-0.1, -0.05) is 80.6 Å². The van der Waals surface area contributed by atoms with Crippen molar-refractivity contribution in [1.82, 2.24) is 5.32 Å². The summed E-state index contributed by atoms with van der Waals surface area (Å²) in [4.78, 5) is 83.5. The van der Waals surface area contributed by atoms with E-state index in [2.05, 4.69) is 5.32 Å². The SMILES string of the molecule is CC(=O)O[C@@H]1C(=O)[C@]2(C)[C@@H](O)C[C@@H]3OC[C@]3(OC(C)=O)[C@@H]2[C@@H](OC(=O)c2ccccc2)[C@]2(O)C[C@H](OC(=O)[C@@H](O)[C@H](NC(=O)c3ccccc3)c3ccccc3)C(C)=C1C2(C)C. The molecule has 0 spiro atoms. The van der Waals surface area contributed by atoms with Gasteiger partial charge in [0.15, 0.2) is 23.6 Å². The van der Waals surface area contributed by atoms with Crippen LogP contribution >= 0.6 is 0 Å². The third kappa shape index (κ3) is 7.29. The summed E-state index contributed by atoms with van der Waals surface area (Å²) in [5.41, 5.74) is -7.02. The number of aliphatic hydroxyl groups is 3. The lowest BCUT2D eigenvalue weighted by Crippen LogP contribution is -2.82. The standard InChI is InChI=1S/C47H51NO14/c1-25-31(60-43(56)36(52)35(28-16-10-7-11-17-28)48-41(54)29-18-12-8-13-19-29)23-47(57)40(61-42(55)30-20-14-9-15-21-30)38-45(6,32(51)22-33-46(38,24-58-33)62-27(3)50)39(53)37(59-26(2)49)34(25)44(47,4)5/h7-21,31-33,35-38,40,51-52,57H,22-24H2,1-6H3,(H,48,54)/t31-,32-,33-,35+,36-,37-,38+,40+,45+,46+,47+/m0/s1. The van der Waals surface area contributed by atoms with Crippen LogP contribution in [0.2, 0.25) is 0 Å². The van der Waals surface area contributed by atoms with Crippen molar-refractivity contribution in [2.24, 2.45) is 16.7 Å². The first kappa shape index (κ1) is 44.3. The number of hydrogen-bond donors (Lipinski definition) is 4. The molecule has 0 aromatic heterocycles. The number of rotatable bonds is 10. The van der Waals surface area contributed by atoms with Crippen LogP contribution in [0, 0.1) is 16.7 Å². The fourth-order valence-corrected chi connectivity index (χ4v) is 10.2. The zero-order chi connectivity index (χ0) is 44.9. The van der Waals surface area contributed by atoms with Gasteiger partial charge in [-0.05, 0) is 54.8 Å². The molecule has 7 rings (SSSR count). The maximum absolute atomic E-state index is 15.5. The molecular weight excluding hydrogens is 803 g/mol. The number of amides is 1. The Kier molecular flexibility index (Phi) is 11.8. The number of fused-ring (bicyclic) bond motifs is 5. The highest BCUT2D eigenvalue weighted by Crippen LogP contribution is 2.64. The lowest BCUT2D eigenvalue weighted by Gasteiger charge is -2.67. The van der Waals surface area contributed by atoms with E-state index >= 15 is 4.79 Å². The molecule has 0 radical (unpaired) electrons. The summed E-state index contributed by atoms with van der Waals surface area (Å²) in [5.74, 6) is -6.84. The molecule has 1 amide bonds. The fourth-order valence-electron chi connectivity index (χ4n) is 10.2. The Hall–Kier alpha value is -5.74. The number of benzene rings is 3. The van der Waals surface area contributed by atoms with E-state index in [1.54, 1.807) is 92.7 Å². The van der Waals surface area contributed by atoms with Crippen molar-refractivity contribution in [3.05, 3.63) is 119 Å². The van der Waals surface area contributed by atoms with Crippen LogP contribution in [-0.2, 0) is 42.9 Å². The summed E-state index contributed by atoms with van der Waals surface area (Å²) in [6.07, 6.45) is -10.5. The number of hydrogen-bond acceptors (Lipinski definition) is 14. The van der Waals surface area contributed by atoms with Crippen LogP contribution < -0.4 is 5.32 Å². The third-order valence-corrected chi connectivity index (χ3v) is 13.5. The maximum Gasteiger partial charge on any atom is 0.338 e. The number of esters is 4. The van der Waals surface area contributed by atoms with E-state index in [0.717, 1.165) is 13.8 Å². The highest BCUT2D eigenvalue weighted by atomic mass is 16.6. The molecule has 4 aliphatic rings. The van der Waals surface area contributed by atoms with E-state index in [1.165, 1.54) is 26.0 Å². The predicted molar refractivity (Wildman–Crippen MR) is 218 cm³/mol. The molecule has 328 valence electrons. The molecule has 0 unspecified atom stereocenters. The van der Waals surface area contributed by atoms with Crippen molar-refractivity contribution in [2.75, 3.05) is 6.61 Å². The Labute approximate surface area is 358 Å². The lowest BCUT2D eigenvalue weighted by molar-refractivity contribution is -0.346. The Morgan fingerprint density at radius 2 is 1.40 bits per heavy atom. The van der Waals surface area contributed by atoms with Crippen LogP contribution in [0.1, 0.15) is 86.7 Å². The summed E-state index contributed by atoms with van der Waals surface area (Å²) >= 11 is 0. The Morgan fingerprint density at radius 1 is 0.823 bits per heavy atom. The van der Waals surface area contributed by atoms with Gasteiger partial charge in [0.2, 0.25) is 0 Å². The smallest absolute Gasteiger partial charge is 0.338 e. The van der Waals surface area contributed by atoms with Gasteiger partial charge in [0, 0.05) is 37.7 Å². The van der Waals surface area contributed by atoms with Crippen molar-refractivity contribution >= 4 is 35.6 Å². The van der Waals surface area contributed by atoms with Gasteiger partial charge in [-0.3, -0.25) is 19.2 Å². The average molecular weight is 854 g/mol. The van der Waals surface area contributed by atoms with E-state index < -0.39 is 113 Å². The van der Waals surface area contributed by atoms with E-state index in [9.17, 15) is 39.3 Å². The predicted octanol–water partition coefficient (Wildman–Crippen LogP) is 3.74. The van der Waals surface area contributed by atoms with Crippen molar-refractivity contribution < 1.29 is 67.8 Å². The van der Waals surface area contributed by atoms with Gasteiger partial charge in [-0.2, -0.15) is 0 Å². The van der Waals surface area contributed by atoms with Crippen LogP contribution in [0.3, 0.4) is 0 Å². The molecule has 3 fully saturated rings. The molecule has 4 N–H and O–H groups in total. The van der Waals surface area contributed by atoms with Gasteiger partial charge in [-0.25, -0.2) is 9.59 Å². The van der Waals surface area contributed by atoms with E-state index in [0.29, 0.717) is 5.56 Å². The minimum atomic E-state index is -2.39. The van der Waals surface area contributed by atoms with Crippen LogP contribution in [0.15, 0.2) is 102 Å². The van der Waals surface area contributed by atoms with Crippen molar-refractivity contribution in [2.45, 2.75) is 108 Å². The Morgan fingerprint density at radius 3 is 1.95 bits per heavy atom. The summed E-state index contributed by atoms with van der Waals surface area (Å²) in [6, 6.07) is 22.9. The number of nitrogens with one attached hydrogen (secondary N) is 1. The zero-order valence-electron chi connectivity index (χ0n) is 35.2. The normalized spacial score (nSPS) is 31.9. The second-order valence-electron chi connectivity index (χ2n) is 17.4. The monoisotopic (exact) mass is 853 g/mol. The Bertz CT molecular complexity index is 2280. The Balaban J connectivity index is 1.39. The topological polar surface area (TPSA) is 221 Å². The molecule has 15 nitrogen and oxygen atoms in total. The third-order valence-electron chi connectivity index (χ3n) is 13.5. The molecule has 11 atom stereocenters. The van der Waals surface area contributed by atoms with Crippen molar-refractivity contribution in [1.29, 1.82) is 0 Å². The highest BCUT2D eigenvalue weighted by Gasteiger charge is 2.78. The van der Waals surface area contributed by atoms with E-state index in [-0.39, 0.29) is 35.3 Å². The number of Topliss-reactive ketones (excluding diaryl/α,β-unsaturated/α-hetero) is 1. The maximum atomic E-state index is 15.5. The van der Waals surface area contributed by atoms with Gasteiger partial charge in [-0.15, -0.1) is 0 Å². The molecule has 1 aliphatic heterocycles. The summed E-state index contributed by atoms with van der Waals surface area (Å²) < 4.78 is 30.3. The minimum Gasteiger partial charge on any atom is -0.456 e. The molecule has 2 bridgehead atoms. The first-order chi connectivity index (χ1) is 29.3. The number of carbonyl (C=O) groups is 6. The summed E-state index contributed by atoms with van der Waals surface area (Å²) in [7, 11) is 0. The first-order valence-corrected chi connectivity index (χ1v) is 20.5. The van der Waals surface area contributed by atoms with Crippen LogP contribution in [0.4, 0.5) is 0 Å². The molecule has 15 heteroatoms. The summed E-state index contributed by atoms with van der Waals surface area (Å²) in [5, 5.41) is 40.2. The number of ketones is 1. The molecule has 62 heavy (non-hydrogen) atoms. The number of carbonyl (C=O) groups excluding carboxylic acids is 6. The number of aliphatic hydroxyl groups excluding tert-OH is 2. The van der Waals surface area contributed by atoms with Gasteiger partial charge in [0.25, 0.3) is 5.91 Å². The van der Waals surface area contributed by atoms with Crippen LogP contribution in [-0.4, -0.2) is 105 Å². The van der Waals surface area contributed by atoms with Gasteiger partial charge in [0.05, 0.1) is 35.6 Å². The van der Waals surface area contributed by atoms with Crippen LogP contribution in [0.5, 0.6) is 0 Å². The summed E-state index contributed by atoms with van der Waals surface area (Å²) in [6.45, 7) is 7.97. The van der Waals surface area contributed by atoms with Gasteiger partial charge in [0.1, 0.15) is 23.9 Å². The molecule has 3 aliphatic carbocycles. The molecule has 1 heterocycles. The van der Waals surface area contributed by atoms with E-state index in [1.807, 2.05) is 0 Å². The molecule has 1 saturated heterocycles. The molecule has 3 aromatic carbocycles. The fraction of sp³-hybridized carbons (Fsp3) is 0.447. The average Bonchev–Trinajstić information content (AvgIpc) is 3.24. The van der Waals surface area contributed by atoms with Gasteiger partial charge < -0.3 is 44.3 Å². The minimum absolute atomic E-state index is 0.00289. The van der Waals surface area contributed by atoms with Gasteiger partial charge >= 0.3 is 23.9 Å². The lowest BCUT2D eigenvalue weighted by atomic mass is 9.44. The molecular formula is C47H51NO14. The first-order valence-electron chi connectivity index (χ1n) is 20.5. The van der Waals surface area contributed by atoms with Crippen molar-refractivity contribution in [3.63, 3.8) is 0 Å². The highest BCUT2D eigenvalue weighted by molar-refractivity contribution is 5.96. The van der Waals surface area contributed by atoms with E-state index in [4.69, 9.17) is 23.7 Å². The second-order valence-corrected chi connectivity index (χ2v) is 17.4. The molecule has 2 saturated carbocycles. The second kappa shape index (κ2) is 16.5. The van der Waals surface area contributed by atoms with Crippen LogP contribution in [0.25, 0.3) is 0 Å². The van der Waals surface area contributed by atoms with Crippen molar-refractivity contribution in [3.8, 4) is 0 Å².